The van der Waals surface area contributed by atoms with E-state index in [0.717, 1.165) is 16.7 Å². The van der Waals surface area contributed by atoms with E-state index in [9.17, 15) is 14.9 Å². The molecule has 1 heterocycles. The molecule has 1 amide bonds. The Hall–Kier alpha value is -2.89. The first-order valence-corrected chi connectivity index (χ1v) is 12.3. The molecule has 0 saturated heterocycles. The molecule has 0 atom stereocenters. The first-order chi connectivity index (χ1) is 16.4. The molecule has 0 aliphatic carbocycles. The van der Waals surface area contributed by atoms with Crippen LogP contribution in [-0.2, 0) is 17.8 Å². The van der Waals surface area contributed by atoms with Crippen molar-refractivity contribution in [2.75, 3.05) is 17.7 Å². The number of benzene rings is 2. The van der Waals surface area contributed by atoms with Gasteiger partial charge >= 0.3 is 0 Å². The van der Waals surface area contributed by atoms with Gasteiger partial charge in [-0.25, -0.2) is 0 Å². The zero-order chi connectivity index (χ0) is 24.5. The Morgan fingerprint density at radius 2 is 2.06 bits per heavy atom. The second-order valence-electron chi connectivity index (χ2n) is 6.97. The van der Waals surface area contributed by atoms with Gasteiger partial charge in [-0.15, -0.1) is 16.8 Å². The van der Waals surface area contributed by atoms with E-state index in [-0.39, 0.29) is 17.3 Å². The van der Waals surface area contributed by atoms with E-state index in [0.29, 0.717) is 41.2 Å². The standard InChI is InChI=1S/C22H21BrClN5O4S/c1-2-11-28-20(4-3-12-33-19-10-5-15(24)13-18(19)23)26-27-22(28)34-14-21(30)25-16-6-8-17(9-7-16)29(31)32/h2,5-10,13H,1,3-4,11-12,14H2,(H,25,30). The second-order valence-corrected chi connectivity index (χ2v) is 9.20. The van der Waals surface area contributed by atoms with Crippen molar-refractivity contribution in [2.45, 2.75) is 24.5 Å². The van der Waals surface area contributed by atoms with Crippen LogP contribution < -0.4 is 10.1 Å². The fraction of sp³-hybridized carbons (Fsp3) is 0.227. The summed E-state index contributed by atoms with van der Waals surface area (Å²) < 4.78 is 8.50. The highest BCUT2D eigenvalue weighted by Crippen LogP contribution is 2.28. The summed E-state index contributed by atoms with van der Waals surface area (Å²) in [6.07, 6.45) is 3.10. The first-order valence-electron chi connectivity index (χ1n) is 10.2. The van der Waals surface area contributed by atoms with Gasteiger partial charge in [-0.2, -0.15) is 0 Å². The number of hydrogen-bond acceptors (Lipinski definition) is 7. The molecule has 12 heteroatoms. The normalized spacial score (nSPS) is 10.6. The van der Waals surface area contributed by atoms with Gasteiger partial charge in [-0.1, -0.05) is 29.4 Å². The number of allylic oxidation sites excluding steroid dienone is 1. The zero-order valence-electron chi connectivity index (χ0n) is 17.9. The number of thioether (sulfide) groups is 1. The van der Waals surface area contributed by atoms with Gasteiger partial charge in [-0.3, -0.25) is 14.9 Å². The summed E-state index contributed by atoms with van der Waals surface area (Å²) >= 11 is 10.6. The number of halogens is 2. The molecule has 0 aliphatic heterocycles. The Morgan fingerprint density at radius 1 is 1.29 bits per heavy atom. The summed E-state index contributed by atoms with van der Waals surface area (Å²) in [5.74, 6) is 1.35. The smallest absolute Gasteiger partial charge is 0.269 e. The second kappa shape index (κ2) is 12.5. The molecule has 0 aliphatic rings. The number of non-ortho nitro benzene ring substituents is 1. The minimum absolute atomic E-state index is 0.0383. The number of hydrogen-bond donors (Lipinski definition) is 1. The highest BCUT2D eigenvalue weighted by atomic mass is 79.9. The van der Waals surface area contributed by atoms with Gasteiger partial charge in [0.15, 0.2) is 5.16 Å². The van der Waals surface area contributed by atoms with Crippen molar-refractivity contribution in [3.8, 4) is 5.75 Å². The quantitative estimate of drug-likeness (QED) is 0.101. The number of amides is 1. The lowest BCUT2D eigenvalue weighted by molar-refractivity contribution is -0.384. The summed E-state index contributed by atoms with van der Waals surface area (Å²) in [7, 11) is 0. The molecule has 0 fully saturated rings. The third-order valence-corrected chi connectivity index (χ3v) is 6.32. The molecule has 1 N–H and O–H groups in total. The Labute approximate surface area is 213 Å². The summed E-state index contributed by atoms with van der Waals surface area (Å²) in [5, 5.41) is 23.2. The first kappa shape index (κ1) is 25.7. The minimum atomic E-state index is -0.492. The van der Waals surface area contributed by atoms with Crippen molar-refractivity contribution in [3.05, 3.63) is 80.6 Å². The molecule has 1 aromatic heterocycles. The Bertz CT molecular complexity index is 1170. The van der Waals surface area contributed by atoms with E-state index < -0.39 is 4.92 Å². The fourth-order valence-electron chi connectivity index (χ4n) is 2.92. The molecule has 9 nitrogen and oxygen atoms in total. The van der Waals surface area contributed by atoms with Crippen LogP contribution in [0.15, 0.2) is 64.7 Å². The van der Waals surface area contributed by atoms with Crippen molar-refractivity contribution in [2.24, 2.45) is 0 Å². The third-order valence-electron chi connectivity index (χ3n) is 4.50. The van der Waals surface area contributed by atoms with Gasteiger partial charge in [0.1, 0.15) is 11.6 Å². The molecule has 0 spiro atoms. The summed E-state index contributed by atoms with van der Waals surface area (Å²) in [6, 6.07) is 11.0. The maximum absolute atomic E-state index is 12.3. The van der Waals surface area contributed by atoms with Crippen molar-refractivity contribution in [3.63, 3.8) is 0 Å². The molecule has 3 rings (SSSR count). The average Bonchev–Trinajstić information content (AvgIpc) is 3.18. The van der Waals surface area contributed by atoms with Crippen LogP contribution in [-0.4, -0.2) is 38.0 Å². The fourth-order valence-corrected chi connectivity index (χ4v) is 4.49. The molecule has 0 unspecified atom stereocenters. The predicted molar refractivity (Wildman–Crippen MR) is 136 cm³/mol. The number of ether oxygens (including phenoxy) is 1. The van der Waals surface area contributed by atoms with E-state index in [1.165, 1.54) is 36.0 Å². The van der Waals surface area contributed by atoms with Crippen LogP contribution >= 0.6 is 39.3 Å². The topological polar surface area (TPSA) is 112 Å². The number of nitrogens with one attached hydrogen (secondary N) is 1. The van der Waals surface area contributed by atoms with Crippen molar-refractivity contribution < 1.29 is 14.5 Å². The van der Waals surface area contributed by atoms with Gasteiger partial charge in [0.25, 0.3) is 5.69 Å². The zero-order valence-corrected chi connectivity index (χ0v) is 21.1. The van der Waals surface area contributed by atoms with Gasteiger partial charge in [0.05, 0.1) is 21.8 Å². The van der Waals surface area contributed by atoms with Crippen LogP contribution in [0.2, 0.25) is 5.02 Å². The molecule has 0 bridgehead atoms. The molecule has 178 valence electrons. The lowest BCUT2D eigenvalue weighted by Gasteiger charge is -2.10. The highest BCUT2D eigenvalue weighted by Gasteiger charge is 2.14. The van der Waals surface area contributed by atoms with E-state index >= 15 is 0 Å². The molecular weight excluding hydrogens is 546 g/mol. The van der Waals surface area contributed by atoms with Crippen LogP contribution in [0.5, 0.6) is 5.75 Å². The number of carbonyl (C=O) groups excluding carboxylic acids is 1. The minimum Gasteiger partial charge on any atom is -0.492 e. The molecular formula is C22H21BrClN5O4S. The van der Waals surface area contributed by atoms with E-state index in [1.54, 1.807) is 18.2 Å². The molecule has 0 saturated carbocycles. The number of rotatable bonds is 12. The summed E-state index contributed by atoms with van der Waals surface area (Å²) in [4.78, 5) is 22.5. The summed E-state index contributed by atoms with van der Waals surface area (Å²) in [5.41, 5.74) is 0.445. The van der Waals surface area contributed by atoms with Crippen LogP contribution in [0.4, 0.5) is 11.4 Å². The van der Waals surface area contributed by atoms with Gasteiger partial charge in [0, 0.05) is 35.8 Å². The van der Waals surface area contributed by atoms with E-state index in [1.807, 2.05) is 10.6 Å². The SMILES string of the molecule is C=CCn1c(CCCOc2ccc(Cl)cc2Br)nnc1SCC(=O)Nc1ccc([N+](=O)[O-])cc1. The molecule has 2 aromatic carbocycles. The monoisotopic (exact) mass is 565 g/mol. The Morgan fingerprint density at radius 3 is 2.74 bits per heavy atom. The number of nitro groups is 1. The average molecular weight is 567 g/mol. The Balaban J connectivity index is 1.51. The highest BCUT2D eigenvalue weighted by molar-refractivity contribution is 9.10. The van der Waals surface area contributed by atoms with E-state index in [4.69, 9.17) is 16.3 Å². The summed E-state index contributed by atoms with van der Waals surface area (Å²) in [6.45, 7) is 4.79. The number of carbonyl (C=O) groups is 1. The van der Waals surface area contributed by atoms with Crippen LogP contribution in [0.1, 0.15) is 12.2 Å². The van der Waals surface area contributed by atoms with Gasteiger partial charge in [0.2, 0.25) is 5.91 Å². The van der Waals surface area contributed by atoms with Crippen molar-refractivity contribution in [1.82, 2.24) is 14.8 Å². The molecule has 3 aromatic rings. The third kappa shape index (κ3) is 7.31. The van der Waals surface area contributed by atoms with Crippen LogP contribution in [0.25, 0.3) is 0 Å². The number of aromatic nitrogens is 3. The lowest BCUT2D eigenvalue weighted by Crippen LogP contribution is -2.15. The van der Waals surface area contributed by atoms with Crippen molar-refractivity contribution >= 4 is 56.6 Å². The van der Waals surface area contributed by atoms with E-state index in [2.05, 4.69) is 38.0 Å². The van der Waals surface area contributed by atoms with Crippen molar-refractivity contribution in [1.29, 1.82) is 0 Å². The number of aryl methyl sites for hydroxylation is 1. The van der Waals surface area contributed by atoms with Crippen LogP contribution in [0, 0.1) is 10.1 Å². The number of nitrogens with zero attached hydrogens (tertiary/aromatic N) is 4. The Kier molecular flexibility index (Phi) is 9.49. The maximum atomic E-state index is 12.3. The lowest BCUT2D eigenvalue weighted by atomic mass is 10.3. The number of anilines is 1. The maximum Gasteiger partial charge on any atom is 0.269 e. The largest absolute Gasteiger partial charge is 0.492 e. The number of nitro benzene ring substituents is 1. The molecule has 0 radical (unpaired) electrons. The molecule has 34 heavy (non-hydrogen) atoms. The predicted octanol–water partition coefficient (Wildman–Crippen LogP) is 5.53. The van der Waals surface area contributed by atoms with Gasteiger partial charge in [-0.05, 0) is 52.7 Å². The van der Waals surface area contributed by atoms with Gasteiger partial charge < -0.3 is 14.6 Å². The van der Waals surface area contributed by atoms with Crippen LogP contribution in [0.3, 0.4) is 0 Å².